The lowest BCUT2D eigenvalue weighted by molar-refractivity contribution is -0.123. The third kappa shape index (κ3) is 3.71. The van der Waals surface area contributed by atoms with Gasteiger partial charge in [-0.2, -0.15) is 0 Å². The highest BCUT2D eigenvalue weighted by Gasteiger charge is 2.16. The second kappa shape index (κ2) is 5.50. The Kier molecular flexibility index (Phi) is 4.30. The number of nitrogens with two attached hydrogens (primary N) is 1. The molecule has 0 aliphatic carbocycles. The van der Waals surface area contributed by atoms with Crippen LogP contribution in [-0.4, -0.2) is 28.5 Å². The number of imidazole rings is 1. The van der Waals surface area contributed by atoms with E-state index in [0.717, 1.165) is 5.82 Å². The van der Waals surface area contributed by atoms with Gasteiger partial charge in [-0.05, 0) is 5.92 Å². The number of H-pyrrole nitrogens is 1. The van der Waals surface area contributed by atoms with E-state index in [2.05, 4.69) is 15.3 Å². The summed E-state index contributed by atoms with van der Waals surface area (Å²) in [6, 6.07) is -0.429. The number of hydrogen-bond donors (Lipinski definition) is 3. The Hall–Kier alpha value is -1.36. The largest absolute Gasteiger partial charge is 0.354 e. The maximum atomic E-state index is 11.4. The first kappa shape index (κ1) is 11.7. The highest BCUT2D eigenvalue weighted by atomic mass is 16.2. The van der Waals surface area contributed by atoms with Crippen LogP contribution < -0.4 is 11.1 Å². The van der Waals surface area contributed by atoms with Gasteiger partial charge in [0.2, 0.25) is 5.91 Å². The molecule has 4 N–H and O–H groups in total. The lowest BCUT2D eigenvalue weighted by atomic mass is 10.1. The van der Waals surface area contributed by atoms with Crippen molar-refractivity contribution < 1.29 is 4.79 Å². The van der Waals surface area contributed by atoms with Gasteiger partial charge in [0, 0.05) is 25.4 Å². The van der Waals surface area contributed by atoms with Gasteiger partial charge in [0.1, 0.15) is 5.82 Å². The lowest BCUT2D eigenvalue weighted by Crippen LogP contribution is -2.44. The summed E-state index contributed by atoms with van der Waals surface area (Å²) in [5.41, 5.74) is 5.68. The molecule has 1 rings (SSSR count). The molecule has 1 heterocycles. The lowest BCUT2D eigenvalue weighted by Gasteiger charge is -2.14. The smallest absolute Gasteiger partial charge is 0.237 e. The summed E-state index contributed by atoms with van der Waals surface area (Å²) in [4.78, 5) is 18.5. The van der Waals surface area contributed by atoms with E-state index in [1.165, 1.54) is 0 Å². The molecule has 0 radical (unpaired) electrons. The number of amides is 1. The number of hydrogen-bond acceptors (Lipinski definition) is 3. The molecule has 0 fully saturated rings. The Morgan fingerprint density at radius 3 is 2.93 bits per heavy atom. The molecule has 84 valence electrons. The Morgan fingerprint density at radius 1 is 1.67 bits per heavy atom. The first-order valence-electron chi connectivity index (χ1n) is 5.13. The average molecular weight is 210 g/mol. The molecule has 1 atom stereocenters. The maximum Gasteiger partial charge on any atom is 0.237 e. The third-order valence-corrected chi connectivity index (χ3v) is 2.24. The van der Waals surface area contributed by atoms with Gasteiger partial charge < -0.3 is 16.0 Å². The molecule has 1 amide bonds. The SMILES string of the molecule is CC(C)[C@@H](N)C(=O)NCCc1ncc[nH]1. The normalized spacial score (nSPS) is 12.8. The van der Waals surface area contributed by atoms with Crippen molar-refractivity contribution in [3.8, 4) is 0 Å². The van der Waals surface area contributed by atoms with Crippen molar-refractivity contribution in [2.75, 3.05) is 6.54 Å². The summed E-state index contributed by atoms with van der Waals surface area (Å²) in [6.07, 6.45) is 4.15. The van der Waals surface area contributed by atoms with Crippen LogP contribution in [0.1, 0.15) is 19.7 Å². The predicted molar refractivity (Wildman–Crippen MR) is 58.1 cm³/mol. The van der Waals surface area contributed by atoms with Gasteiger partial charge in [0.05, 0.1) is 6.04 Å². The minimum atomic E-state index is -0.429. The summed E-state index contributed by atoms with van der Waals surface area (Å²) in [7, 11) is 0. The predicted octanol–water partition coefficient (Wildman–Crippen LogP) is 0.0517. The van der Waals surface area contributed by atoms with Crippen molar-refractivity contribution in [1.82, 2.24) is 15.3 Å². The van der Waals surface area contributed by atoms with Gasteiger partial charge in [0.15, 0.2) is 0 Å². The molecule has 1 aromatic heterocycles. The molecule has 0 unspecified atom stereocenters. The first-order chi connectivity index (χ1) is 7.11. The topological polar surface area (TPSA) is 83.8 Å². The van der Waals surface area contributed by atoms with Gasteiger partial charge in [0.25, 0.3) is 0 Å². The Labute approximate surface area is 89.5 Å². The number of nitrogens with zero attached hydrogens (tertiary/aromatic N) is 1. The van der Waals surface area contributed by atoms with Crippen molar-refractivity contribution in [2.45, 2.75) is 26.3 Å². The van der Waals surface area contributed by atoms with Gasteiger partial charge in [-0.15, -0.1) is 0 Å². The number of nitrogens with one attached hydrogen (secondary N) is 2. The summed E-state index contributed by atoms with van der Waals surface area (Å²) in [6.45, 7) is 4.42. The van der Waals surface area contributed by atoms with E-state index in [-0.39, 0.29) is 11.8 Å². The van der Waals surface area contributed by atoms with Crippen LogP contribution in [0.15, 0.2) is 12.4 Å². The number of carbonyl (C=O) groups is 1. The minimum absolute atomic E-state index is 0.100. The fourth-order valence-electron chi connectivity index (χ4n) is 1.16. The number of carbonyl (C=O) groups excluding carboxylic acids is 1. The van der Waals surface area contributed by atoms with Crippen LogP contribution >= 0.6 is 0 Å². The van der Waals surface area contributed by atoms with Gasteiger partial charge in [-0.25, -0.2) is 4.98 Å². The fourth-order valence-corrected chi connectivity index (χ4v) is 1.16. The zero-order valence-corrected chi connectivity index (χ0v) is 9.16. The number of aromatic amines is 1. The van der Waals surface area contributed by atoms with Crippen molar-refractivity contribution in [2.24, 2.45) is 11.7 Å². The first-order valence-corrected chi connectivity index (χ1v) is 5.13. The van der Waals surface area contributed by atoms with Gasteiger partial charge in [-0.3, -0.25) is 4.79 Å². The van der Waals surface area contributed by atoms with E-state index >= 15 is 0 Å². The molecule has 0 bridgehead atoms. The van der Waals surface area contributed by atoms with E-state index in [1.807, 2.05) is 13.8 Å². The molecule has 5 heteroatoms. The number of rotatable bonds is 5. The van der Waals surface area contributed by atoms with E-state index in [9.17, 15) is 4.79 Å². The Bertz CT molecular complexity index is 294. The molecular formula is C10H18N4O. The van der Waals surface area contributed by atoms with E-state index in [1.54, 1.807) is 12.4 Å². The third-order valence-electron chi connectivity index (χ3n) is 2.24. The average Bonchev–Trinajstić information content (AvgIpc) is 2.69. The Morgan fingerprint density at radius 2 is 2.40 bits per heavy atom. The van der Waals surface area contributed by atoms with Gasteiger partial charge in [-0.1, -0.05) is 13.8 Å². The molecule has 0 saturated carbocycles. The van der Waals surface area contributed by atoms with Crippen LogP contribution in [0.5, 0.6) is 0 Å². The fraction of sp³-hybridized carbons (Fsp3) is 0.600. The summed E-state index contributed by atoms with van der Waals surface area (Å²) in [5, 5.41) is 2.78. The van der Waals surface area contributed by atoms with Crippen LogP contribution in [0.3, 0.4) is 0 Å². The molecule has 1 aromatic rings. The second-order valence-corrected chi connectivity index (χ2v) is 3.85. The summed E-state index contributed by atoms with van der Waals surface area (Å²) >= 11 is 0. The summed E-state index contributed by atoms with van der Waals surface area (Å²) in [5.74, 6) is 0.929. The molecule has 0 aromatic carbocycles. The molecular weight excluding hydrogens is 192 g/mol. The van der Waals surface area contributed by atoms with E-state index in [0.29, 0.717) is 13.0 Å². The van der Waals surface area contributed by atoms with Crippen LogP contribution in [-0.2, 0) is 11.2 Å². The highest BCUT2D eigenvalue weighted by Crippen LogP contribution is 1.97. The van der Waals surface area contributed by atoms with Gasteiger partial charge >= 0.3 is 0 Å². The van der Waals surface area contributed by atoms with Crippen LogP contribution in [0.2, 0.25) is 0 Å². The zero-order chi connectivity index (χ0) is 11.3. The van der Waals surface area contributed by atoms with Crippen molar-refractivity contribution in [1.29, 1.82) is 0 Å². The molecule has 0 saturated heterocycles. The second-order valence-electron chi connectivity index (χ2n) is 3.85. The quantitative estimate of drug-likeness (QED) is 0.642. The Balaban J connectivity index is 2.23. The van der Waals surface area contributed by atoms with Crippen molar-refractivity contribution in [3.05, 3.63) is 18.2 Å². The minimum Gasteiger partial charge on any atom is -0.354 e. The van der Waals surface area contributed by atoms with E-state index in [4.69, 9.17) is 5.73 Å². The standard InChI is InChI=1S/C10H18N4O/c1-7(2)9(11)10(15)14-4-3-8-12-5-6-13-8/h5-7,9H,3-4,11H2,1-2H3,(H,12,13)(H,14,15)/t9-/m1/s1. The molecule has 0 aliphatic heterocycles. The van der Waals surface area contributed by atoms with Crippen LogP contribution in [0.4, 0.5) is 0 Å². The maximum absolute atomic E-state index is 11.4. The molecule has 5 nitrogen and oxygen atoms in total. The molecule has 15 heavy (non-hydrogen) atoms. The zero-order valence-electron chi connectivity index (χ0n) is 9.16. The summed E-state index contributed by atoms with van der Waals surface area (Å²) < 4.78 is 0. The number of aromatic nitrogens is 2. The monoisotopic (exact) mass is 210 g/mol. The van der Waals surface area contributed by atoms with E-state index < -0.39 is 6.04 Å². The van der Waals surface area contributed by atoms with Crippen LogP contribution in [0.25, 0.3) is 0 Å². The molecule has 0 spiro atoms. The van der Waals surface area contributed by atoms with Crippen molar-refractivity contribution in [3.63, 3.8) is 0 Å². The highest BCUT2D eigenvalue weighted by molar-refractivity contribution is 5.81. The molecule has 0 aliphatic rings. The van der Waals surface area contributed by atoms with Crippen molar-refractivity contribution >= 4 is 5.91 Å². The van der Waals surface area contributed by atoms with Crippen LogP contribution in [0, 0.1) is 5.92 Å².